The molecule has 3 heterocycles. The number of hydrogen-bond acceptors (Lipinski definition) is 5. The maximum absolute atomic E-state index is 5.76. The van der Waals surface area contributed by atoms with Crippen molar-refractivity contribution >= 4 is 16.9 Å². The Morgan fingerprint density at radius 2 is 2.44 bits per heavy atom. The minimum absolute atomic E-state index is 0.501. The van der Waals surface area contributed by atoms with Crippen molar-refractivity contribution in [1.29, 1.82) is 0 Å². The summed E-state index contributed by atoms with van der Waals surface area (Å²) in [4.78, 5) is 8.19. The van der Waals surface area contributed by atoms with Crippen molar-refractivity contribution in [3.05, 3.63) is 12.5 Å². The van der Waals surface area contributed by atoms with Gasteiger partial charge in [-0.1, -0.05) is 0 Å². The zero-order valence-electron chi connectivity index (χ0n) is 8.93. The zero-order valence-corrected chi connectivity index (χ0v) is 8.93. The number of nitrogens with two attached hydrogens (primary N) is 1. The van der Waals surface area contributed by atoms with Gasteiger partial charge >= 0.3 is 0 Å². The molecule has 0 radical (unpaired) electrons. The van der Waals surface area contributed by atoms with Crippen LogP contribution < -0.4 is 11.1 Å². The molecule has 1 atom stereocenters. The van der Waals surface area contributed by atoms with Crippen molar-refractivity contribution < 1.29 is 0 Å². The van der Waals surface area contributed by atoms with E-state index in [-0.39, 0.29) is 0 Å². The number of hydrogen-bond donors (Lipinski definition) is 2. The van der Waals surface area contributed by atoms with Gasteiger partial charge in [0.25, 0.3) is 0 Å². The van der Waals surface area contributed by atoms with Gasteiger partial charge in [-0.15, -0.1) is 0 Å². The van der Waals surface area contributed by atoms with Crippen molar-refractivity contribution in [1.82, 2.24) is 25.1 Å². The van der Waals surface area contributed by atoms with E-state index in [1.54, 1.807) is 6.20 Å². The molecule has 0 aliphatic carbocycles. The number of nitrogens with one attached hydrogen (secondary N) is 1. The Labute approximate surface area is 92.9 Å². The zero-order chi connectivity index (χ0) is 11.0. The molecule has 1 unspecified atom stereocenters. The van der Waals surface area contributed by atoms with E-state index in [1.165, 1.54) is 12.7 Å². The summed E-state index contributed by atoms with van der Waals surface area (Å²) in [6, 6.07) is 0. The quantitative estimate of drug-likeness (QED) is 0.742. The third kappa shape index (κ3) is 1.51. The van der Waals surface area contributed by atoms with Crippen LogP contribution in [0.4, 0.5) is 5.82 Å². The first kappa shape index (κ1) is 9.53. The Morgan fingerprint density at radius 1 is 1.50 bits per heavy atom. The van der Waals surface area contributed by atoms with Gasteiger partial charge in [-0.3, -0.25) is 0 Å². The molecule has 2 aromatic heterocycles. The van der Waals surface area contributed by atoms with Gasteiger partial charge < -0.3 is 11.1 Å². The van der Waals surface area contributed by atoms with E-state index in [4.69, 9.17) is 5.73 Å². The number of nitrogens with zero attached hydrogens (tertiary/aromatic N) is 4. The predicted molar refractivity (Wildman–Crippen MR) is 60.7 cm³/mol. The van der Waals surface area contributed by atoms with Crippen molar-refractivity contribution in [2.75, 3.05) is 18.8 Å². The maximum atomic E-state index is 5.76. The van der Waals surface area contributed by atoms with Crippen molar-refractivity contribution in [3.8, 4) is 0 Å². The van der Waals surface area contributed by atoms with E-state index in [9.17, 15) is 0 Å². The Bertz CT molecular complexity index is 499. The monoisotopic (exact) mass is 218 g/mol. The second-order valence-electron chi connectivity index (χ2n) is 4.18. The molecule has 1 saturated heterocycles. The number of aromatic nitrogens is 4. The molecule has 0 aromatic carbocycles. The summed E-state index contributed by atoms with van der Waals surface area (Å²) in [7, 11) is 0. The molecule has 1 aliphatic heterocycles. The molecule has 0 amide bonds. The number of fused-ring (bicyclic) bond motifs is 1. The molecule has 84 valence electrons. The number of rotatable bonds is 2. The summed E-state index contributed by atoms with van der Waals surface area (Å²) < 4.78 is 1.92. The molecule has 0 spiro atoms. The van der Waals surface area contributed by atoms with Crippen LogP contribution in [0.3, 0.4) is 0 Å². The highest BCUT2D eigenvalue weighted by Crippen LogP contribution is 2.18. The fraction of sp³-hybridized carbons (Fsp3) is 0.500. The van der Waals surface area contributed by atoms with Gasteiger partial charge in [-0.25, -0.2) is 14.6 Å². The fourth-order valence-corrected chi connectivity index (χ4v) is 2.16. The highest BCUT2D eigenvalue weighted by molar-refractivity contribution is 5.84. The van der Waals surface area contributed by atoms with Crippen LogP contribution in [0.1, 0.15) is 6.42 Å². The Kier molecular flexibility index (Phi) is 2.21. The summed E-state index contributed by atoms with van der Waals surface area (Å²) in [6.07, 6.45) is 4.43. The van der Waals surface area contributed by atoms with E-state index >= 15 is 0 Å². The summed E-state index contributed by atoms with van der Waals surface area (Å²) >= 11 is 0. The number of anilines is 1. The predicted octanol–water partition coefficient (Wildman–Crippen LogP) is 0.0180. The molecule has 1 aliphatic rings. The van der Waals surface area contributed by atoms with Crippen LogP contribution in [0, 0.1) is 5.92 Å². The highest BCUT2D eigenvalue weighted by atomic mass is 15.3. The van der Waals surface area contributed by atoms with E-state index in [0.717, 1.165) is 30.7 Å². The maximum Gasteiger partial charge on any atom is 0.163 e. The Morgan fingerprint density at radius 3 is 3.25 bits per heavy atom. The fourth-order valence-electron chi connectivity index (χ4n) is 2.16. The van der Waals surface area contributed by atoms with Crippen LogP contribution in [0.15, 0.2) is 12.5 Å². The van der Waals surface area contributed by atoms with E-state index in [2.05, 4.69) is 20.4 Å². The van der Waals surface area contributed by atoms with Crippen molar-refractivity contribution in [2.24, 2.45) is 5.92 Å². The smallest absolute Gasteiger partial charge is 0.163 e. The molecule has 6 heteroatoms. The lowest BCUT2D eigenvalue weighted by Gasteiger charge is -2.08. The minimum atomic E-state index is 0.501. The topological polar surface area (TPSA) is 81.7 Å². The Hall–Kier alpha value is -1.69. The lowest BCUT2D eigenvalue weighted by Crippen LogP contribution is -2.15. The molecule has 2 aromatic rings. The SMILES string of the molecule is Nc1ncnc2c1cnn2CC1CCNC1. The molecule has 1 fully saturated rings. The minimum Gasteiger partial charge on any atom is -0.383 e. The standard InChI is InChI=1S/C10H14N6/c11-9-8-4-15-16(10(8)14-6-13-9)5-7-1-2-12-3-7/h4,6-7,12H,1-3,5H2,(H2,11,13,14). The van der Waals surface area contributed by atoms with Crippen LogP contribution in [0.25, 0.3) is 11.0 Å². The van der Waals surface area contributed by atoms with Crippen LogP contribution in [-0.2, 0) is 6.54 Å². The number of nitrogen functional groups attached to an aromatic ring is 1. The van der Waals surface area contributed by atoms with E-state index in [1.807, 2.05) is 4.68 Å². The van der Waals surface area contributed by atoms with E-state index in [0.29, 0.717) is 11.7 Å². The molecule has 3 rings (SSSR count). The summed E-state index contributed by atoms with van der Waals surface area (Å²) in [5.41, 5.74) is 6.59. The van der Waals surface area contributed by atoms with Gasteiger partial charge in [0.15, 0.2) is 5.65 Å². The molecule has 0 saturated carbocycles. The second-order valence-corrected chi connectivity index (χ2v) is 4.18. The second kappa shape index (κ2) is 3.71. The van der Waals surface area contributed by atoms with Gasteiger partial charge in [-0.05, 0) is 25.4 Å². The first-order valence-corrected chi connectivity index (χ1v) is 5.47. The average molecular weight is 218 g/mol. The third-order valence-corrected chi connectivity index (χ3v) is 3.06. The molecule has 0 bridgehead atoms. The first-order chi connectivity index (χ1) is 7.84. The summed E-state index contributed by atoms with van der Waals surface area (Å²) in [6.45, 7) is 3.05. The molecule has 16 heavy (non-hydrogen) atoms. The largest absolute Gasteiger partial charge is 0.383 e. The third-order valence-electron chi connectivity index (χ3n) is 3.06. The van der Waals surface area contributed by atoms with Crippen LogP contribution in [-0.4, -0.2) is 32.8 Å². The van der Waals surface area contributed by atoms with Crippen LogP contribution in [0.2, 0.25) is 0 Å². The normalized spacial score (nSPS) is 20.6. The van der Waals surface area contributed by atoms with Crippen LogP contribution >= 0.6 is 0 Å². The summed E-state index contributed by atoms with van der Waals surface area (Å²) in [5, 5.41) is 8.51. The first-order valence-electron chi connectivity index (χ1n) is 5.47. The van der Waals surface area contributed by atoms with Gasteiger partial charge in [-0.2, -0.15) is 5.10 Å². The molecular weight excluding hydrogens is 204 g/mol. The lowest BCUT2D eigenvalue weighted by atomic mass is 10.1. The molecular formula is C10H14N6. The van der Waals surface area contributed by atoms with Crippen molar-refractivity contribution in [3.63, 3.8) is 0 Å². The van der Waals surface area contributed by atoms with Gasteiger partial charge in [0, 0.05) is 6.54 Å². The average Bonchev–Trinajstić information content (AvgIpc) is 2.90. The van der Waals surface area contributed by atoms with Gasteiger partial charge in [0.2, 0.25) is 0 Å². The van der Waals surface area contributed by atoms with Crippen molar-refractivity contribution in [2.45, 2.75) is 13.0 Å². The lowest BCUT2D eigenvalue weighted by molar-refractivity contribution is 0.457. The highest BCUT2D eigenvalue weighted by Gasteiger charge is 2.17. The molecule has 3 N–H and O–H groups in total. The summed E-state index contributed by atoms with van der Waals surface area (Å²) in [5.74, 6) is 1.14. The van der Waals surface area contributed by atoms with Crippen LogP contribution in [0.5, 0.6) is 0 Å². The van der Waals surface area contributed by atoms with Gasteiger partial charge in [0.05, 0.1) is 11.6 Å². The van der Waals surface area contributed by atoms with E-state index < -0.39 is 0 Å². The molecule has 6 nitrogen and oxygen atoms in total. The Balaban J connectivity index is 1.94. The van der Waals surface area contributed by atoms with Gasteiger partial charge in [0.1, 0.15) is 12.1 Å².